The lowest BCUT2D eigenvalue weighted by atomic mass is 10.2. The Balaban J connectivity index is 2.51. The summed E-state index contributed by atoms with van der Waals surface area (Å²) in [7, 11) is 0. The van der Waals surface area contributed by atoms with Crippen LogP contribution < -0.4 is 5.32 Å². The normalized spacial score (nSPS) is 15.2. The summed E-state index contributed by atoms with van der Waals surface area (Å²) in [6.45, 7) is 8.27. The first kappa shape index (κ1) is 11.8. The Morgan fingerprint density at radius 3 is 2.50 bits per heavy atom. The Bertz CT molecular complexity index is 277. The number of aromatic nitrogens is 1. The summed E-state index contributed by atoms with van der Waals surface area (Å²) < 4.78 is 0. The number of halogens is 1. The summed E-state index contributed by atoms with van der Waals surface area (Å²) >= 11 is 7.62. The van der Waals surface area contributed by atoms with Crippen molar-refractivity contribution in [3.8, 4) is 0 Å². The van der Waals surface area contributed by atoms with Crippen LogP contribution in [0.15, 0.2) is 0 Å². The molecule has 0 saturated carbocycles. The van der Waals surface area contributed by atoms with Crippen LogP contribution >= 0.6 is 22.9 Å². The predicted molar refractivity (Wildman–Crippen MR) is 64.6 cm³/mol. The first-order valence-electron chi connectivity index (χ1n) is 4.83. The Labute approximate surface area is 94.7 Å². The number of alkyl halides is 1. The Kier molecular flexibility index (Phi) is 4.20. The third-order valence-electron chi connectivity index (χ3n) is 2.08. The molecule has 14 heavy (non-hydrogen) atoms. The topological polar surface area (TPSA) is 24.9 Å². The molecule has 2 unspecified atom stereocenters. The zero-order chi connectivity index (χ0) is 10.7. The first-order chi connectivity index (χ1) is 6.49. The molecule has 4 heteroatoms. The van der Waals surface area contributed by atoms with Crippen LogP contribution in [0.25, 0.3) is 0 Å². The highest BCUT2D eigenvalue weighted by atomic mass is 35.5. The van der Waals surface area contributed by atoms with Gasteiger partial charge in [0.15, 0.2) is 5.13 Å². The molecule has 2 nitrogen and oxygen atoms in total. The highest BCUT2D eigenvalue weighted by molar-refractivity contribution is 7.15. The molecule has 1 heterocycles. The number of thiazole rings is 1. The molecule has 0 aliphatic heterocycles. The van der Waals surface area contributed by atoms with Gasteiger partial charge >= 0.3 is 0 Å². The lowest BCUT2D eigenvalue weighted by molar-refractivity contribution is 0.695. The minimum atomic E-state index is 0.208. The van der Waals surface area contributed by atoms with E-state index in [1.54, 1.807) is 11.3 Å². The predicted octanol–water partition coefficient (Wildman–Crippen LogP) is 3.58. The highest BCUT2D eigenvalue weighted by Crippen LogP contribution is 2.22. The molecule has 1 aromatic rings. The van der Waals surface area contributed by atoms with Gasteiger partial charge in [-0.15, -0.1) is 22.9 Å². The molecule has 0 bridgehead atoms. The summed E-state index contributed by atoms with van der Waals surface area (Å²) in [6, 6.07) is 0.382. The fraction of sp³-hybridized carbons (Fsp3) is 0.700. The van der Waals surface area contributed by atoms with Crippen molar-refractivity contribution in [2.75, 3.05) is 5.32 Å². The van der Waals surface area contributed by atoms with Crippen molar-refractivity contribution in [2.45, 2.75) is 45.5 Å². The SMILES string of the molecule is Cc1nc(NC(C)CC(C)Cl)sc1C. The van der Waals surface area contributed by atoms with Crippen LogP contribution in [0, 0.1) is 13.8 Å². The fourth-order valence-electron chi connectivity index (χ4n) is 1.29. The number of anilines is 1. The van der Waals surface area contributed by atoms with E-state index in [2.05, 4.69) is 24.1 Å². The average Bonchev–Trinajstić information content (AvgIpc) is 2.28. The van der Waals surface area contributed by atoms with Crippen LogP contribution in [0.4, 0.5) is 5.13 Å². The zero-order valence-electron chi connectivity index (χ0n) is 9.10. The van der Waals surface area contributed by atoms with Gasteiger partial charge in [0.25, 0.3) is 0 Å². The molecule has 1 aromatic heterocycles. The number of nitrogens with one attached hydrogen (secondary N) is 1. The van der Waals surface area contributed by atoms with E-state index in [4.69, 9.17) is 11.6 Å². The molecule has 0 fully saturated rings. The van der Waals surface area contributed by atoms with Gasteiger partial charge in [0.05, 0.1) is 5.69 Å². The van der Waals surface area contributed by atoms with Crippen LogP contribution in [0.2, 0.25) is 0 Å². The van der Waals surface area contributed by atoms with Crippen LogP contribution in [0.1, 0.15) is 30.8 Å². The number of hydrogen-bond acceptors (Lipinski definition) is 3. The van der Waals surface area contributed by atoms with Crippen molar-refractivity contribution in [1.82, 2.24) is 4.98 Å². The largest absolute Gasteiger partial charge is 0.359 e. The Hall–Kier alpha value is -0.280. The molecular formula is C10H17ClN2S. The molecule has 1 N–H and O–H groups in total. The van der Waals surface area contributed by atoms with Crippen molar-refractivity contribution in [1.29, 1.82) is 0 Å². The molecule has 1 rings (SSSR count). The molecular weight excluding hydrogens is 216 g/mol. The molecule has 0 aromatic carbocycles. The fourth-order valence-corrected chi connectivity index (χ4v) is 2.48. The van der Waals surface area contributed by atoms with E-state index in [9.17, 15) is 0 Å². The van der Waals surface area contributed by atoms with Crippen LogP contribution in [-0.4, -0.2) is 16.4 Å². The van der Waals surface area contributed by atoms with Gasteiger partial charge in [0.2, 0.25) is 0 Å². The minimum Gasteiger partial charge on any atom is -0.359 e. The van der Waals surface area contributed by atoms with E-state index in [1.807, 2.05) is 13.8 Å². The van der Waals surface area contributed by atoms with Gasteiger partial charge in [-0.25, -0.2) is 4.98 Å². The third kappa shape index (κ3) is 3.46. The summed E-state index contributed by atoms with van der Waals surface area (Å²) in [4.78, 5) is 5.70. The van der Waals surface area contributed by atoms with Crippen molar-refractivity contribution >= 4 is 28.1 Å². The maximum Gasteiger partial charge on any atom is 0.183 e. The minimum absolute atomic E-state index is 0.208. The quantitative estimate of drug-likeness (QED) is 0.803. The zero-order valence-corrected chi connectivity index (χ0v) is 10.7. The summed E-state index contributed by atoms with van der Waals surface area (Å²) in [5.74, 6) is 0. The van der Waals surface area contributed by atoms with E-state index in [0.717, 1.165) is 17.2 Å². The van der Waals surface area contributed by atoms with Gasteiger partial charge < -0.3 is 5.32 Å². The van der Waals surface area contributed by atoms with Gasteiger partial charge in [0, 0.05) is 16.3 Å². The molecule has 80 valence electrons. The first-order valence-corrected chi connectivity index (χ1v) is 6.09. The molecule has 0 aliphatic rings. The van der Waals surface area contributed by atoms with Crippen LogP contribution in [0.3, 0.4) is 0 Å². The van der Waals surface area contributed by atoms with Crippen molar-refractivity contribution in [3.05, 3.63) is 10.6 Å². The molecule has 2 atom stereocenters. The van der Waals surface area contributed by atoms with Gasteiger partial charge in [0.1, 0.15) is 0 Å². The maximum absolute atomic E-state index is 5.92. The van der Waals surface area contributed by atoms with E-state index in [-0.39, 0.29) is 5.38 Å². The second-order valence-electron chi connectivity index (χ2n) is 3.72. The summed E-state index contributed by atoms with van der Waals surface area (Å²) in [5, 5.41) is 4.57. The van der Waals surface area contributed by atoms with Crippen molar-refractivity contribution < 1.29 is 0 Å². The monoisotopic (exact) mass is 232 g/mol. The van der Waals surface area contributed by atoms with Crippen molar-refractivity contribution in [3.63, 3.8) is 0 Å². The molecule has 0 amide bonds. The van der Waals surface area contributed by atoms with Crippen LogP contribution in [-0.2, 0) is 0 Å². The number of rotatable bonds is 4. The second-order valence-corrected chi connectivity index (χ2v) is 5.67. The highest BCUT2D eigenvalue weighted by Gasteiger charge is 2.09. The third-order valence-corrected chi connectivity index (χ3v) is 3.26. The molecule has 0 saturated heterocycles. The molecule has 0 aliphatic carbocycles. The maximum atomic E-state index is 5.92. The van der Waals surface area contributed by atoms with E-state index < -0.39 is 0 Å². The summed E-state index contributed by atoms with van der Waals surface area (Å²) in [5.41, 5.74) is 1.11. The van der Waals surface area contributed by atoms with Gasteiger partial charge in [-0.2, -0.15) is 0 Å². The second kappa shape index (κ2) is 4.99. The number of nitrogens with zero attached hydrogens (tertiary/aromatic N) is 1. The van der Waals surface area contributed by atoms with Crippen LogP contribution in [0.5, 0.6) is 0 Å². The Morgan fingerprint density at radius 2 is 2.07 bits per heavy atom. The van der Waals surface area contributed by atoms with E-state index in [0.29, 0.717) is 6.04 Å². The standard InChI is InChI=1S/C10H17ClN2S/c1-6(11)5-7(2)12-10-13-8(3)9(4)14-10/h6-7H,5H2,1-4H3,(H,12,13). The lowest BCUT2D eigenvalue weighted by Crippen LogP contribution is -2.18. The molecule has 0 radical (unpaired) electrons. The van der Waals surface area contributed by atoms with E-state index >= 15 is 0 Å². The Morgan fingerprint density at radius 1 is 1.43 bits per heavy atom. The van der Waals surface area contributed by atoms with E-state index in [1.165, 1.54) is 4.88 Å². The van der Waals surface area contributed by atoms with Gasteiger partial charge in [-0.1, -0.05) is 0 Å². The smallest absolute Gasteiger partial charge is 0.183 e. The number of hydrogen-bond donors (Lipinski definition) is 1. The van der Waals surface area contributed by atoms with Gasteiger partial charge in [-0.05, 0) is 34.1 Å². The lowest BCUT2D eigenvalue weighted by Gasteiger charge is -2.13. The van der Waals surface area contributed by atoms with Gasteiger partial charge in [-0.3, -0.25) is 0 Å². The summed E-state index contributed by atoms with van der Waals surface area (Å²) in [6.07, 6.45) is 0.958. The van der Waals surface area contributed by atoms with Crippen molar-refractivity contribution in [2.24, 2.45) is 0 Å². The number of aryl methyl sites for hydroxylation is 2. The average molecular weight is 233 g/mol. The molecule has 0 spiro atoms.